The summed E-state index contributed by atoms with van der Waals surface area (Å²) in [4.78, 5) is 25.3. The van der Waals surface area contributed by atoms with Crippen LogP contribution in [0.2, 0.25) is 0 Å². The molecular weight excluding hydrogens is 262 g/mol. The van der Waals surface area contributed by atoms with Crippen molar-refractivity contribution in [2.75, 3.05) is 12.3 Å². The SMILES string of the molecule is Nc1[nH]c(=O)n([C@@H]2O[C@H](CO)C(O)C2O)c(=O)c1O. The number of H-pyrrole nitrogens is 1. The van der Waals surface area contributed by atoms with Crippen LogP contribution in [0.5, 0.6) is 5.75 Å². The molecule has 106 valence electrons. The zero-order chi connectivity index (χ0) is 14.3. The Balaban J connectivity index is 2.53. The summed E-state index contributed by atoms with van der Waals surface area (Å²) in [7, 11) is 0. The minimum atomic E-state index is -1.61. The average Bonchev–Trinajstić information content (AvgIpc) is 2.64. The Labute approximate surface area is 105 Å². The zero-order valence-corrected chi connectivity index (χ0v) is 9.55. The van der Waals surface area contributed by atoms with Crippen molar-refractivity contribution < 1.29 is 25.2 Å². The predicted molar refractivity (Wildman–Crippen MR) is 60.4 cm³/mol. The van der Waals surface area contributed by atoms with E-state index in [1.54, 1.807) is 0 Å². The molecule has 0 bridgehead atoms. The first-order valence-electron chi connectivity index (χ1n) is 5.34. The summed E-state index contributed by atoms with van der Waals surface area (Å²) in [6.07, 6.45) is -5.76. The van der Waals surface area contributed by atoms with E-state index in [0.29, 0.717) is 4.57 Å². The number of anilines is 1. The van der Waals surface area contributed by atoms with Gasteiger partial charge in [-0.15, -0.1) is 0 Å². The quantitative estimate of drug-likeness (QED) is 0.322. The molecule has 0 spiro atoms. The monoisotopic (exact) mass is 275 g/mol. The Bertz CT molecular complexity index is 594. The van der Waals surface area contributed by atoms with E-state index in [-0.39, 0.29) is 0 Å². The van der Waals surface area contributed by atoms with Gasteiger partial charge in [0.05, 0.1) is 6.61 Å². The third-order valence-electron chi connectivity index (χ3n) is 2.91. The molecule has 0 aromatic carbocycles. The number of aliphatic hydroxyl groups excluding tert-OH is 3. The van der Waals surface area contributed by atoms with Crippen molar-refractivity contribution in [1.29, 1.82) is 0 Å². The van der Waals surface area contributed by atoms with Gasteiger partial charge in [0.1, 0.15) is 18.3 Å². The number of aliphatic hydroxyl groups is 3. The van der Waals surface area contributed by atoms with Gasteiger partial charge in [-0.1, -0.05) is 0 Å². The molecule has 1 fully saturated rings. The number of aromatic hydroxyl groups is 1. The third-order valence-corrected chi connectivity index (χ3v) is 2.91. The van der Waals surface area contributed by atoms with Crippen LogP contribution in [0.4, 0.5) is 5.82 Å². The maximum Gasteiger partial charge on any atom is 0.332 e. The van der Waals surface area contributed by atoms with Crippen molar-refractivity contribution in [3.05, 3.63) is 20.8 Å². The fourth-order valence-electron chi connectivity index (χ4n) is 1.88. The van der Waals surface area contributed by atoms with Gasteiger partial charge in [0, 0.05) is 0 Å². The molecule has 0 radical (unpaired) electrons. The molecule has 2 rings (SSSR count). The summed E-state index contributed by atoms with van der Waals surface area (Å²) >= 11 is 0. The highest BCUT2D eigenvalue weighted by molar-refractivity contribution is 5.41. The van der Waals surface area contributed by atoms with Gasteiger partial charge >= 0.3 is 11.2 Å². The van der Waals surface area contributed by atoms with E-state index < -0.39 is 54.0 Å². The first kappa shape index (κ1) is 13.5. The van der Waals surface area contributed by atoms with Gasteiger partial charge in [-0.3, -0.25) is 9.78 Å². The molecule has 0 amide bonds. The van der Waals surface area contributed by atoms with Crippen LogP contribution >= 0.6 is 0 Å². The maximum absolute atomic E-state index is 11.7. The highest BCUT2D eigenvalue weighted by Gasteiger charge is 2.44. The van der Waals surface area contributed by atoms with Crippen LogP contribution in [0.3, 0.4) is 0 Å². The molecule has 1 aromatic heterocycles. The van der Waals surface area contributed by atoms with E-state index in [1.165, 1.54) is 0 Å². The minimum absolute atomic E-state index is 0.384. The Morgan fingerprint density at radius 1 is 1.32 bits per heavy atom. The van der Waals surface area contributed by atoms with Gasteiger partial charge < -0.3 is 30.9 Å². The highest BCUT2D eigenvalue weighted by atomic mass is 16.6. The number of nitrogens with one attached hydrogen (secondary N) is 1. The van der Waals surface area contributed by atoms with Crippen LogP contribution in [-0.2, 0) is 4.74 Å². The van der Waals surface area contributed by atoms with E-state index in [0.717, 1.165) is 0 Å². The van der Waals surface area contributed by atoms with Crippen molar-refractivity contribution in [2.24, 2.45) is 0 Å². The summed E-state index contributed by atoms with van der Waals surface area (Å²) in [5.74, 6) is -1.42. The molecule has 2 unspecified atom stereocenters. The molecular formula is C9H13N3O7. The zero-order valence-electron chi connectivity index (χ0n) is 9.55. The molecule has 1 aromatic rings. The van der Waals surface area contributed by atoms with E-state index in [9.17, 15) is 24.9 Å². The van der Waals surface area contributed by atoms with E-state index in [4.69, 9.17) is 15.6 Å². The van der Waals surface area contributed by atoms with Crippen LogP contribution in [0.1, 0.15) is 6.23 Å². The number of nitrogens with zero attached hydrogens (tertiary/aromatic N) is 1. The lowest BCUT2D eigenvalue weighted by Crippen LogP contribution is -2.42. The maximum atomic E-state index is 11.7. The third kappa shape index (κ3) is 2.00. The second-order valence-corrected chi connectivity index (χ2v) is 4.10. The van der Waals surface area contributed by atoms with Crippen molar-refractivity contribution in [3.8, 4) is 5.75 Å². The van der Waals surface area contributed by atoms with E-state index in [2.05, 4.69) is 0 Å². The lowest BCUT2D eigenvalue weighted by Gasteiger charge is -2.16. The number of nitrogens with two attached hydrogens (primary N) is 1. The number of nitrogen functional groups attached to an aromatic ring is 1. The fraction of sp³-hybridized carbons (Fsp3) is 0.556. The van der Waals surface area contributed by atoms with Crippen molar-refractivity contribution in [3.63, 3.8) is 0 Å². The van der Waals surface area contributed by atoms with Crippen molar-refractivity contribution in [1.82, 2.24) is 9.55 Å². The lowest BCUT2D eigenvalue weighted by atomic mass is 10.1. The van der Waals surface area contributed by atoms with Gasteiger partial charge in [0.25, 0.3) is 0 Å². The lowest BCUT2D eigenvalue weighted by molar-refractivity contribution is -0.0567. The van der Waals surface area contributed by atoms with E-state index >= 15 is 0 Å². The summed E-state index contributed by atoms with van der Waals surface area (Å²) in [6.45, 7) is -0.609. The molecule has 10 heteroatoms. The van der Waals surface area contributed by atoms with Crippen LogP contribution in [0.15, 0.2) is 9.59 Å². The Morgan fingerprint density at radius 2 is 1.95 bits per heavy atom. The fourth-order valence-corrected chi connectivity index (χ4v) is 1.88. The molecule has 0 saturated carbocycles. The Morgan fingerprint density at radius 3 is 2.47 bits per heavy atom. The molecule has 2 heterocycles. The molecule has 1 aliphatic rings. The number of rotatable bonds is 2. The van der Waals surface area contributed by atoms with Crippen LogP contribution in [-0.4, -0.2) is 54.9 Å². The number of ether oxygens (including phenoxy) is 1. The number of hydrogen-bond donors (Lipinski definition) is 6. The van der Waals surface area contributed by atoms with Crippen LogP contribution < -0.4 is 17.0 Å². The van der Waals surface area contributed by atoms with Crippen LogP contribution in [0, 0.1) is 0 Å². The van der Waals surface area contributed by atoms with Crippen molar-refractivity contribution >= 4 is 5.82 Å². The summed E-state index contributed by atoms with van der Waals surface area (Å²) in [6, 6.07) is 0. The first-order chi connectivity index (χ1) is 8.88. The summed E-state index contributed by atoms with van der Waals surface area (Å²) < 4.78 is 5.40. The molecule has 0 aliphatic carbocycles. The molecule has 19 heavy (non-hydrogen) atoms. The second-order valence-electron chi connectivity index (χ2n) is 4.10. The second kappa shape index (κ2) is 4.66. The molecule has 4 atom stereocenters. The largest absolute Gasteiger partial charge is 0.501 e. The number of aromatic nitrogens is 2. The summed E-state index contributed by atoms with van der Waals surface area (Å²) in [5, 5.41) is 37.5. The normalized spacial score (nSPS) is 30.7. The first-order valence-corrected chi connectivity index (χ1v) is 5.34. The molecule has 10 nitrogen and oxygen atoms in total. The van der Waals surface area contributed by atoms with Gasteiger partial charge in [0.15, 0.2) is 12.0 Å². The number of hydrogen-bond acceptors (Lipinski definition) is 8. The molecule has 7 N–H and O–H groups in total. The van der Waals surface area contributed by atoms with Crippen molar-refractivity contribution in [2.45, 2.75) is 24.5 Å². The molecule has 1 saturated heterocycles. The average molecular weight is 275 g/mol. The van der Waals surface area contributed by atoms with Gasteiger partial charge in [-0.25, -0.2) is 9.36 Å². The smallest absolute Gasteiger partial charge is 0.332 e. The Hall–Kier alpha value is -1.88. The predicted octanol–water partition coefficient (Wildman–Crippen LogP) is -3.56. The van der Waals surface area contributed by atoms with E-state index in [1.807, 2.05) is 4.98 Å². The standard InChI is InChI=1S/C9H13N3O7/c10-6-5(16)7(17)12(9(18)11-6)8-4(15)3(14)2(1-13)19-8/h2-4,8,13-16H,1,10H2,(H,11,18)/t2-,3?,4?,8-/m1/s1. The highest BCUT2D eigenvalue weighted by Crippen LogP contribution is 2.27. The number of aromatic amines is 1. The minimum Gasteiger partial charge on any atom is -0.501 e. The topological polar surface area (TPSA) is 171 Å². The van der Waals surface area contributed by atoms with Crippen LogP contribution in [0.25, 0.3) is 0 Å². The summed E-state index contributed by atoms with van der Waals surface area (Å²) in [5.41, 5.74) is 3.00. The van der Waals surface area contributed by atoms with Gasteiger partial charge in [0.2, 0.25) is 5.75 Å². The van der Waals surface area contributed by atoms with Gasteiger partial charge in [-0.2, -0.15) is 0 Å². The van der Waals surface area contributed by atoms with Gasteiger partial charge in [-0.05, 0) is 0 Å². The Kier molecular flexibility index (Phi) is 3.32. The molecule has 1 aliphatic heterocycles.